The normalized spacial score (nSPS) is 12.2. The molecule has 5 nitrogen and oxygen atoms in total. The van der Waals surface area contributed by atoms with Crippen LogP contribution in [0.1, 0.15) is 157 Å². The molecule has 228 valence electrons. The quantitative estimate of drug-likeness (QED) is 0.0452. The van der Waals surface area contributed by atoms with Crippen molar-refractivity contribution in [1.29, 1.82) is 0 Å². The fourth-order valence-corrected chi connectivity index (χ4v) is 46.5. The van der Waals surface area contributed by atoms with Crippen LogP contribution in [0.2, 0.25) is 17.7 Å². The first-order valence-electron chi connectivity index (χ1n) is 16.7. The second kappa shape index (κ2) is 26.7. The van der Waals surface area contributed by atoms with E-state index in [4.69, 9.17) is 12.3 Å². The predicted molar refractivity (Wildman–Crippen MR) is 167 cm³/mol. The van der Waals surface area contributed by atoms with E-state index in [1.807, 2.05) is 0 Å². The molecule has 38 heavy (non-hydrogen) atoms. The molecule has 0 aliphatic rings. The summed E-state index contributed by atoms with van der Waals surface area (Å²) in [6.07, 6.45) is 20.4. The number of hydrogen-bond donors (Lipinski definition) is 0. The van der Waals surface area contributed by atoms with E-state index < -0.39 is 44.6 Å². The molecule has 0 aromatic heterocycles. The molecule has 7 heteroatoms. The average Bonchev–Trinajstić information content (AvgIpc) is 2.92. The third-order valence-electron chi connectivity index (χ3n) is 7.37. The minimum atomic E-state index is -3.77. The minimum absolute atomic E-state index is 0.459. The van der Waals surface area contributed by atoms with Crippen molar-refractivity contribution < 1.29 is 17.1 Å². The molecule has 0 saturated heterocycles. The van der Waals surface area contributed by atoms with Gasteiger partial charge in [0.1, 0.15) is 0 Å². The standard InChI is InChI=1S/C8H16O3.C7H15O.4C4H9.O.2Sn/c1-2-3-4-5-6-7-11-8(9)10;1-2-3-4-5-6-7-8;4*1-3-4-2;;;/h2-7H2,1H3,(H,9,10);2-7H2,1H3;4*1,3-4H2,2H3;;;/q;-1;;;;;;2*+1/p-1. The summed E-state index contributed by atoms with van der Waals surface area (Å²) in [5, 5.41) is 0. The maximum absolute atomic E-state index is 13.1. The number of ether oxygens (including phenoxy) is 1. The average molecular weight is 756 g/mol. The molecule has 0 aromatic carbocycles. The molecule has 0 aliphatic heterocycles. The Morgan fingerprint density at radius 1 is 0.474 bits per heavy atom. The van der Waals surface area contributed by atoms with E-state index in [1.165, 1.54) is 44.9 Å². The molecule has 0 unspecified atom stereocenters. The first kappa shape index (κ1) is 38.8. The number of unbranched alkanes of at least 4 members (excludes halogenated alkanes) is 12. The van der Waals surface area contributed by atoms with Gasteiger partial charge in [-0.25, -0.2) is 0 Å². The van der Waals surface area contributed by atoms with Gasteiger partial charge in [-0.05, 0) is 0 Å². The molecule has 0 bridgehead atoms. The molecule has 0 spiro atoms. The van der Waals surface area contributed by atoms with E-state index in [0.29, 0.717) is 6.61 Å². The summed E-state index contributed by atoms with van der Waals surface area (Å²) in [5.74, 6) is 0. The first-order chi connectivity index (χ1) is 18.5. The summed E-state index contributed by atoms with van der Waals surface area (Å²) < 4.78 is 30.6. The summed E-state index contributed by atoms with van der Waals surface area (Å²) >= 11 is -7.23. The monoisotopic (exact) mass is 758 g/mol. The SMILES string of the molecule is CCCCCCCOC(=O)[O][Sn]([CH2]CCC)([CH2]CCC)[O][Sn]([CH2]CCC)([CH2]CCC)[O]CCCCCCC. The van der Waals surface area contributed by atoms with Crippen molar-refractivity contribution in [3.63, 3.8) is 0 Å². The third-order valence-corrected chi connectivity index (χ3v) is 40.1. The van der Waals surface area contributed by atoms with Crippen LogP contribution in [0.25, 0.3) is 0 Å². The Hall–Kier alpha value is 0.787. The van der Waals surface area contributed by atoms with Crippen LogP contribution >= 0.6 is 0 Å². The van der Waals surface area contributed by atoms with Crippen molar-refractivity contribution in [3.8, 4) is 0 Å². The van der Waals surface area contributed by atoms with Crippen LogP contribution < -0.4 is 0 Å². The Balaban J connectivity index is 5.73. The molecule has 0 aromatic rings. The number of rotatable bonds is 28. The fraction of sp³-hybridized carbons (Fsp3) is 0.968. The molecule has 0 atom stereocenters. The van der Waals surface area contributed by atoms with Gasteiger partial charge < -0.3 is 0 Å². The van der Waals surface area contributed by atoms with Crippen molar-refractivity contribution in [1.82, 2.24) is 0 Å². The molecule has 0 radical (unpaired) electrons. The van der Waals surface area contributed by atoms with E-state index in [1.54, 1.807) is 0 Å². The van der Waals surface area contributed by atoms with Gasteiger partial charge in [-0.2, -0.15) is 0 Å². The Kier molecular flexibility index (Phi) is 27.2. The second-order valence-electron chi connectivity index (χ2n) is 11.2. The summed E-state index contributed by atoms with van der Waals surface area (Å²) in [5.41, 5.74) is 0. The number of carbonyl (C=O) groups is 1. The van der Waals surface area contributed by atoms with Crippen molar-refractivity contribution in [3.05, 3.63) is 0 Å². The van der Waals surface area contributed by atoms with E-state index in [-0.39, 0.29) is 0 Å². The van der Waals surface area contributed by atoms with E-state index in [2.05, 4.69) is 41.5 Å². The Morgan fingerprint density at radius 2 is 0.868 bits per heavy atom. The molecule has 0 saturated carbocycles. The van der Waals surface area contributed by atoms with Crippen LogP contribution in [-0.2, 0) is 12.3 Å². The molecule has 0 N–H and O–H groups in total. The zero-order valence-corrected chi connectivity index (χ0v) is 32.2. The van der Waals surface area contributed by atoms with Crippen molar-refractivity contribution in [2.75, 3.05) is 13.2 Å². The van der Waals surface area contributed by atoms with Crippen molar-refractivity contribution >= 4 is 44.6 Å². The summed E-state index contributed by atoms with van der Waals surface area (Å²) in [4.78, 5) is 13.1. The van der Waals surface area contributed by atoms with Crippen LogP contribution in [0.3, 0.4) is 0 Å². The maximum atomic E-state index is 13.1. The molecule has 0 fully saturated rings. The van der Waals surface area contributed by atoms with E-state index in [0.717, 1.165) is 95.0 Å². The topological polar surface area (TPSA) is 54.0 Å². The molecular weight excluding hydrogens is 690 g/mol. The van der Waals surface area contributed by atoms with E-state index >= 15 is 0 Å². The number of carbonyl (C=O) groups excluding carboxylic acids is 1. The fourth-order valence-electron chi connectivity index (χ4n) is 4.88. The molecule has 0 rings (SSSR count). The van der Waals surface area contributed by atoms with Crippen LogP contribution in [0.5, 0.6) is 0 Å². The van der Waals surface area contributed by atoms with Gasteiger partial charge in [0.15, 0.2) is 0 Å². The molecule has 0 amide bonds. The number of hydrogen-bond acceptors (Lipinski definition) is 5. The zero-order valence-electron chi connectivity index (χ0n) is 26.5. The van der Waals surface area contributed by atoms with Gasteiger partial charge in [0.25, 0.3) is 0 Å². The van der Waals surface area contributed by atoms with Crippen molar-refractivity contribution in [2.24, 2.45) is 0 Å². The van der Waals surface area contributed by atoms with Crippen LogP contribution in [0.4, 0.5) is 4.79 Å². The van der Waals surface area contributed by atoms with Gasteiger partial charge in [0.05, 0.1) is 0 Å². The van der Waals surface area contributed by atoms with Crippen molar-refractivity contribution in [2.45, 2.75) is 175 Å². The van der Waals surface area contributed by atoms with Crippen LogP contribution in [0.15, 0.2) is 0 Å². The molecule has 0 aliphatic carbocycles. The Bertz CT molecular complexity index is 516. The summed E-state index contributed by atoms with van der Waals surface area (Å²) in [7, 11) is 0. The van der Waals surface area contributed by atoms with Gasteiger partial charge in [-0.1, -0.05) is 0 Å². The van der Waals surface area contributed by atoms with Gasteiger partial charge >= 0.3 is 250 Å². The Morgan fingerprint density at radius 3 is 1.32 bits per heavy atom. The third kappa shape index (κ3) is 19.8. The zero-order chi connectivity index (χ0) is 28.4. The first-order valence-corrected chi connectivity index (χ1v) is 29.4. The van der Waals surface area contributed by atoms with Gasteiger partial charge in [-0.3, -0.25) is 0 Å². The summed E-state index contributed by atoms with van der Waals surface area (Å²) in [6, 6.07) is 0. The Labute approximate surface area is 248 Å². The summed E-state index contributed by atoms with van der Waals surface area (Å²) in [6.45, 7) is 14.7. The van der Waals surface area contributed by atoms with Crippen LogP contribution in [-0.4, -0.2) is 57.8 Å². The molecular formula is C31H66O5Sn2. The predicted octanol–water partition coefficient (Wildman–Crippen LogP) is 11.2. The molecule has 0 heterocycles. The van der Waals surface area contributed by atoms with Gasteiger partial charge in [0, 0.05) is 0 Å². The van der Waals surface area contributed by atoms with Gasteiger partial charge in [-0.15, -0.1) is 0 Å². The second-order valence-corrected chi connectivity index (χ2v) is 33.2. The van der Waals surface area contributed by atoms with E-state index in [9.17, 15) is 4.79 Å². The van der Waals surface area contributed by atoms with Gasteiger partial charge in [0.2, 0.25) is 0 Å². The van der Waals surface area contributed by atoms with Crippen LogP contribution in [0, 0.1) is 0 Å².